The number of hydrogen-bond acceptors (Lipinski definition) is 3. The summed E-state index contributed by atoms with van der Waals surface area (Å²) in [6, 6.07) is 7.95. The van der Waals surface area contributed by atoms with Crippen LogP contribution in [-0.4, -0.2) is 35.0 Å². The second kappa shape index (κ2) is 10.9. The van der Waals surface area contributed by atoms with E-state index >= 15 is 0 Å². The maximum Gasteiger partial charge on any atom is 0.0894 e. The van der Waals surface area contributed by atoms with Crippen LogP contribution in [0.4, 0.5) is 0 Å². The van der Waals surface area contributed by atoms with Crippen molar-refractivity contribution in [1.82, 2.24) is 14.9 Å². The Hall–Kier alpha value is -1.74. The third-order valence-electron chi connectivity index (χ3n) is 3.62. The summed E-state index contributed by atoms with van der Waals surface area (Å²) in [6.07, 6.45) is 7.99. The first-order chi connectivity index (χ1) is 11.2. The lowest BCUT2D eigenvalue weighted by molar-refractivity contribution is 0.418. The molecular formula is C20H31N3. The number of para-hydroxylation sites is 2. The Morgan fingerprint density at radius 2 is 1.61 bits per heavy atom. The molecule has 3 rings (SSSR count). The molecule has 0 radical (unpaired) electrons. The van der Waals surface area contributed by atoms with Crippen molar-refractivity contribution < 1.29 is 0 Å². The maximum atomic E-state index is 4.56. The summed E-state index contributed by atoms with van der Waals surface area (Å²) in [6.45, 7) is 10.7. The molecule has 0 saturated carbocycles. The van der Waals surface area contributed by atoms with Crippen molar-refractivity contribution in [3.05, 3.63) is 41.7 Å². The molecule has 1 aromatic heterocycles. The molecule has 1 saturated heterocycles. The third kappa shape index (κ3) is 6.49. The van der Waals surface area contributed by atoms with Gasteiger partial charge in [-0.2, -0.15) is 0 Å². The van der Waals surface area contributed by atoms with E-state index in [-0.39, 0.29) is 0 Å². The van der Waals surface area contributed by atoms with Crippen LogP contribution in [0.25, 0.3) is 17.1 Å². The van der Waals surface area contributed by atoms with Crippen LogP contribution in [0.3, 0.4) is 0 Å². The number of rotatable bonds is 2. The Balaban J connectivity index is 0.000000276. The molecule has 0 N–H and O–H groups in total. The SMILES string of the molecule is CC.CC/C=C/c1nc2ccccc2nc1C.CN1CCCC1. The van der Waals surface area contributed by atoms with Crippen molar-refractivity contribution in [3.63, 3.8) is 0 Å². The monoisotopic (exact) mass is 313 g/mol. The zero-order valence-corrected chi connectivity index (χ0v) is 15.3. The molecule has 0 spiro atoms. The van der Waals surface area contributed by atoms with Crippen LogP contribution in [-0.2, 0) is 0 Å². The van der Waals surface area contributed by atoms with Gasteiger partial charge in [0.25, 0.3) is 0 Å². The molecule has 0 amide bonds. The van der Waals surface area contributed by atoms with Crippen LogP contribution in [0.2, 0.25) is 0 Å². The van der Waals surface area contributed by atoms with E-state index in [0.717, 1.165) is 28.8 Å². The highest BCUT2D eigenvalue weighted by molar-refractivity contribution is 5.75. The van der Waals surface area contributed by atoms with E-state index in [0.29, 0.717) is 0 Å². The van der Waals surface area contributed by atoms with Gasteiger partial charge >= 0.3 is 0 Å². The molecule has 3 nitrogen and oxygen atoms in total. The minimum atomic E-state index is 0.957. The minimum Gasteiger partial charge on any atom is -0.306 e. The predicted octanol–water partition coefficient (Wildman–Crippen LogP) is 5.10. The lowest BCUT2D eigenvalue weighted by Gasteiger charge is -2.01. The van der Waals surface area contributed by atoms with Crippen LogP contribution < -0.4 is 0 Å². The molecule has 0 unspecified atom stereocenters. The summed E-state index contributed by atoms with van der Waals surface area (Å²) in [5.41, 5.74) is 3.87. The first-order valence-electron chi connectivity index (χ1n) is 8.79. The second-order valence-electron chi connectivity index (χ2n) is 5.50. The molecule has 2 heterocycles. The highest BCUT2D eigenvalue weighted by Gasteiger charge is 2.03. The van der Waals surface area contributed by atoms with Gasteiger partial charge in [0.05, 0.1) is 22.4 Å². The molecule has 126 valence electrons. The van der Waals surface area contributed by atoms with E-state index in [2.05, 4.69) is 34.9 Å². The fourth-order valence-electron chi connectivity index (χ4n) is 2.36. The number of aryl methyl sites for hydroxylation is 1. The summed E-state index contributed by atoms with van der Waals surface area (Å²) >= 11 is 0. The number of benzene rings is 1. The third-order valence-corrected chi connectivity index (χ3v) is 3.62. The van der Waals surface area contributed by atoms with E-state index in [4.69, 9.17) is 0 Å². The molecular weight excluding hydrogens is 282 g/mol. The Morgan fingerprint density at radius 3 is 2.09 bits per heavy atom. The zero-order chi connectivity index (χ0) is 17.1. The van der Waals surface area contributed by atoms with Crippen LogP contribution in [0.5, 0.6) is 0 Å². The zero-order valence-electron chi connectivity index (χ0n) is 15.3. The number of fused-ring (bicyclic) bond motifs is 1. The molecule has 3 heteroatoms. The van der Waals surface area contributed by atoms with Gasteiger partial charge in [0.15, 0.2) is 0 Å². The number of aromatic nitrogens is 2. The quantitative estimate of drug-likeness (QED) is 0.772. The highest BCUT2D eigenvalue weighted by Crippen LogP contribution is 2.13. The maximum absolute atomic E-state index is 4.56. The molecule has 1 aliphatic rings. The predicted molar refractivity (Wildman–Crippen MR) is 102 cm³/mol. The first-order valence-corrected chi connectivity index (χ1v) is 8.79. The van der Waals surface area contributed by atoms with Crippen LogP contribution in [0.1, 0.15) is 51.4 Å². The van der Waals surface area contributed by atoms with Gasteiger partial charge in [-0.1, -0.05) is 39.0 Å². The van der Waals surface area contributed by atoms with Gasteiger partial charge in [-0.15, -0.1) is 0 Å². The molecule has 1 fully saturated rings. The lowest BCUT2D eigenvalue weighted by atomic mass is 10.2. The Bertz CT molecular complexity index is 599. The summed E-state index contributed by atoms with van der Waals surface area (Å²) < 4.78 is 0. The van der Waals surface area contributed by atoms with Gasteiger partial charge in [0.1, 0.15) is 0 Å². The van der Waals surface area contributed by atoms with E-state index < -0.39 is 0 Å². The van der Waals surface area contributed by atoms with Crippen molar-refractivity contribution in [2.45, 2.75) is 47.0 Å². The van der Waals surface area contributed by atoms with Crippen molar-refractivity contribution in [3.8, 4) is 0 Å². The normalized spacial score (nSPS) is 14.3. The van der Waals surface area contributed by atoms with Crippen LogP contribution in [0.15, 0.2) is 30.3 Å². The summed E-state index contributed by atoms with van der Waals surface area (Å²) in [7, 11) is 2.17. The van der Waals surface area contributed by atoms with E-state index in [1.54, 1.807) is 0 Å². The Labute approximate surface area is 141 Å². The molecule has 0 atom stereocenters. The van der Waals surface area contributed by atoms with E-state index in [1.807, 2.05) is 51.1 Å². The van der Waals surface area contributed by atoms with Gasteiger partial charge < -0.3 is 4.90 Å². The van der Waals surface area contributed by atoms with Crippen LogP contribution in [0, 0.1) is 6.92 Å². The second-order valence-corrected chi connectivity index (χ2v) is 5.50. The van der Waals surface area contributed by atoms with Crippen molar-refractivity contribution in [1.29, 1.82) is 0 Å². The number of allylic oxidation sites excluding steroid dienone is 1. The topological polar surface area (TPSA) is 29.0 Å². The van der Waals surface area contributed by atoms with Gasteiger partial charge in [-0.05, 0) is 64.5 Å². The summed E-state index contributed by atoms with van der Waals surface area (Å²) in [5, 5.41) is 0. The van der Waals surface area contributed by atoms with Gasteiger partial charge in [0.2, 0.25) is 0 Å². The van der Waals surface area contributed by atoms with Crippen molar-refractivity contribution >= 4 is 17.1 Å². The fourth-order valence-corrected chi connectivity index (χ4v) is 2.36. The smallest absolute Gasteiger partial charge is 0.0894 e. The summed E-state index contributed by atoms with van der Waals surface area (Å²) in [5.74, 6) is 0. The van der Waals surface area contributed by atoms with Crippen molar-refractivity contribution in [2.24, 2.45) is 0 Å². The molecule has 0 aliphatic carbocycles. The fraction of sp³-hybridized carbons (Fsp3) is 0.500. The molecule has 1 aliphatic heterocycles. The van der Waals surface area contributed by atoms with Crippen molar-refractivity contribution in [2.75, 3.05) is 20.1 Å². The Morgan fingerprint density at radius 1 is 1.04 bits per heavy atom. The van der Waals surface area contributed by atoms with E-state index in [9.17, 15) is 0 Å². The van der Waals surface area contributed by atoms with Gasteiger partial charge in [0, 0.05) is 0 Å². The van der Waals surface area contributed by atoms with E-state index in [1.165, 1.54) is 25.9 Å². The Kier molecular flexibility index (Phi) is 9.15. The molecule has 0 bridgehead atoms. The lowest BCUT2D eigenvalue weighted by Crippen LogP contribution is -2.10. The minimum absolute atomic E-state index is 0.957. The van der Waals surface area contributed by atoms with Gasteiger partial charge in [-0.25, -0.2) is 9.97 Å². The number of hydrogen-bond donors (Lipinski definition) is 0. The van der Waals surface area contributed by atoms with Gasteiger partial charge in [-0.3, -0.25) is 0 Å². The summed E-state index contributed by atoms with van der Waals surface area (Å²) in [4.78, 5) is 11.4. The molecule has 1 aromatic carbocycles. The highest BCUT2D eigenvalue weighted by atomic mass is 15.1. The molecule has 23 heavy (non-hydrogen) atoms. The average molecular weight is 313 g/mol. The largest absolute Gasteiger partial charge is 0.306 e. The molecule has 2 aromatic rings. The number of nitrogens with zero attached hydrogens (tertiary/aromatic N) is 3. The average Bonchev–Trinajstić information content (AvgIpc) is 3.06. The standard InChI is InChI=1S/C13H14N2.C5H11N.C2H6/c1-3-4-7-11-10(2)14-12-8-5-6-9-13(12)15-11;1-6-4-2-3-5-6;1-2/h4-9H,3H2,1-2H3;2-5H2,1H3;1-2H3/b7-4+;;. The van der Waals surface area contributed by atoms with Crippen LogP contribution >= 0.6 is 0 Å². The number of likely N-dealkylation sites (tertiary alicyclic amines) is 1. The first kappa shape index (κ1) is 19.3.